The summed E-state index contributed by atoms with van der Waals surface area (Å²) in [7, 11) is -0.555. The first kappa shape index (κ1) is 17.9. The molecule has 1 aliphatic heterocycles. The van der Waals surface area contributed by atoms with Gasteiger partial charge in [0.05, 0.1) is 19.0 Å². The van der Waals surface area contributed by atoms with Gasteiger partial charge in [-0.25, -0.2) is 18.1 Å². The Bertz CT molecular complexity index is 1080. The summed E-state index contributed by atoms with van der Waals surface area (Å²) < 4.78 is 35.6. The first-order valence-corrected chi connectivity index (χ1v) is 10.1. The van der Waals surface area contributed by atoms with Crippen LogP contribution in [0, 0.1) is 6.92 Å². The third kappa shape index (κ3) is 2.96. The highest BCUT2D eigenvalue weighted by Crippen LogP contribution is 2.33. The van der Waals surface area contributed by atoms with Crippen LogP contribution in [0.25, 0.3) is 5.65 Å². The van der Waals surface area contributed by atoms with Gasteiger partial charge in [0.25, 0.3) is 0 Å². The molecule has 3 aromatic rings. The lowest BCUT2D eigenvalue weighted by Gasteiger charge is -2.31. The minimum absolute atomic E-state index is 0.101. The third-order valence-corrected chi connectivity index (χ3v) is 6.89. The minimum atomic E-state index is -3.65. The van der Waals surface area contributed by atoms with Gasteiger partial charge in [-0.2, -0.15) is 14.5 Å². The Balaban J connectivity index is 1.55. The molecule has 0 saturated carbocycles. The predicted octanol–water partition coefficient (Wildman–Crippen LogP) is 0.743. The zero-order valence-corrected chi connectivity index (χ0v) is 16.2. The SMILES string of the molecule is COc1c(S(=O)(=O)N2CCC(c3nn4ncnc4cc3C)CC2)cnn1C. The van der Waals surface area contributed by atoms with E-state index in [0.717, 1.165) is 11.3 Å². The smallest absolute Gasteiger partial charge is 0.250 e. The number of ether oxygens (including phenoxy) is 1. The van der Waals surface area contributed by atoms with Crippen LogP contribution in [-0.2, 0) is 17.1 Å². The Morgan fingerprint density at radius 1 is 1.22 bits per heavy atom. The number of hydrogen-bond acceptors (Lipinski definition) is 7. The first-order valence-electron chi connectivity index (χ1n) is 8.65. The van der Waals surface area contributed by atoms with Crippen LogP contribution in [-0.4, -0.2) is 62.5 Å². The largest absolute Gasteiger partial charge is 0.480 e. The molecule has 0 spiro atoms. The van der Waals surface area contributed by atoms with E-state index in [0.29, 0.717) is 31.6 Å². The summed E-state index contributed by atoms with van der Waals surface area (Å²) >= 11 is 0. The Hall–Kier alpha value is -2.53. The van der Waals surface area contributed by atoms with E-state index in [-0.39, 0.29) is 16.7 Å². The van der Waals surface area contributed by atoms with Crippen molar-refractivity contribution in [2.75, 3.05) is 20.2 Å². The number of fused-ring (bicyclic) bond motifs is 1. The molecule has 0 N–H and O–H groups in total. The van der Waals surface area contributed by atoms with E-state index >= 15 is 0 Å². The monoisotopic (exact) mass is 391 g/mol. The Morgan fingerprint density at radius 3 is 2.67 bits per heavy atom. The average Bonchev–Trinajstić information content (AvgIpc) is 3.26. The van der Waals surface area contributed by atoms with E-state index in [1.807, 2.05) is 13.0 Å². The van der Waals surface area contributed by atoms with Gasteiger partial charge in [0.2, 0.25) is 15.9 Å². The topological polar surface area (TPSA) is 108 Å². The Kier molecular flexibility index (Phi) is 4.35. The van der Waals surface area contributed by atoms with Gasteiger partial charge >= 0.3 is 0 Å². The zero-order chi connectivity index (χ0) is 19.2. The lowest BCUT2D eigenvalue weighted by molar-refractivity contribution is 0.311. The van der Waals surface area contributed by atoms with Gasteiger partial charge in [0, 0.05) is 26.1 Å². The van der Waals surface area contributed by atoms with Crippen molar-refractivity contribution in [3.05, 3.63) is 29.8 Å². The van der Waals surface area contributed by atoms with E-state index in [9.17, 15) is 8.42 Å². The van der Waals surface area contributed by atoms with Crippen molar-refractivity contribution < 1.29 is 13.2 Å². The third-order valence-electron chi connectivity index (χ3n) is 5.01. The van der Waals surface area contributed by atoms with E-state index in [4.69, 9.17) is 4.74 Å². The van der Waals surface area contributed by atoms with E-state index in [2.05, 4.69) is 20.3 Å². The fourth-order valence-electron chi connectivity index (χ4n) is 3.59. The molecule has 27 heavy (non-hydrogen) atoms. The minimum Gasteiger partial charge on any atom is -0.480 e. The maximum atomic E-state index is 13.0. The van der Waals surface area contributed by atoms with Crippen molar-refractivity contribution >= 4 is 15.7 Å². The molecule has 0 bridgehead atoms. The summed E-state index contributed by atoms with van der Waals surface area (Å²) in [5.74, 6) is 0.423. The molecular formula is C16H21N7O3S. The van der Waals surface area contributed by atoms with Gasteiger partial charge in [0.1, 0.15) is 6.33 Å². The number of sulfonamides is 1. The van der Waals surface area contributed by atoms with Crippen LogP contribution < -0.4 is 4.74 Å². The van der Waals surface area contributed by atoms with Crippen molar-refractivity contribution in [1.82, 2.24) is 33.9 Å². The highest BCUT2D eigenvalue weighted by Gasteiger charge is 2.34. The number of nitrogens with zero attached hydrogens (tertiary/aromatic N) is 7. The van der Waals surface area contributed by atoms with Crippen LogP contribution in [0.5, 0.6) is 5.88 Å². The predicted molar refractivity (Wildman–Crippen MR) is 96.0 cm³/mol. The normalized spacial score (nSPS) is 16.9. The number of rotatable bonds is 4. The lowest BCUT2D eigenvalue weighted by Crippen LogP contribution is -2.38. The molecule has 0 amide bonds. The standard InChI is InChI=1S/C16H21N7O3S/c1-11-8-14-17-10-19-23(14)20-15(11)12-4-6-22(7-5-12)27(24,25)13-9-18-21(2)16(13)26-3/h8-10,12H,4-7H2,1-3H3. The van der Waals surface area contributed by atoms with Crippen LogP contribution in [0.1, 0.15) is 30.0 Å². The molecule has 4 heterocycles. The molecule has 3 aromatic heterocycles. The average molecular weight is 391 g/mol. The quantitative estimate of drug-likeness (QED) is 0.645. The van der Waals surface area contributed by atoms with Crippen LogP contribution in [0.15, 0.2) is 23.5 Å². The number of hydrogen-bond donors (Lipinski definition) is 0. The summed E-state index contributed by atoms with van der Waals surface area (Å²) in [4.78, 5) is 4.25. The number of piperidine rings is 1. The fourth-order valence-corrected chi connectivity index (χ4v) is 5.18. The van der Waals surface area contributed by atoms with Gasteiger partial charge in [-0.1, -0.05) is 0 Å². The molecule has 0 atom stereocenters. The van der Waals surface area contributed by atoms with Gasteiger partial charge in [-0.15, -0.1) is 9.73 Å². The Labute approximate surface area is 156 Å². The fraction of sp³-hybridized carbons (Fsp3) is 0.500. The molecule has 144 valence electrons. The van der Waals surface area contributed by atoms with E-state index in [1.165, 1.54) is 33.3 Å². The second-order valence-corrected chi connectivity index (χ2v) is 8.55. The molecule has 1 fully saturated rings. The van der Waals surface area contributed by atoms with Gasteiger partial charge in [-0.3, -0.25) is 0 Å². The molecular weight excluding hydrogens is 370 g/mol. The van der Waals surface area contributed by atoms with Crippen LogP contribution in [0.2, 0.25) is 0 Å². The Morgan fingerprint density at radius 2 is 1.96 bits per heavy atom. The van der Waals surface area contributed by atoms with E-state index in [1.54, 1.807) is 7.05 Å². The summed E-state index contributed by atoms with van der Waals surface area (Å²) in [6, 6.07) is 1.96. The first-order chi connectivity index (χ1) is 12.9. The zero-order valence-electron chi connectivity index (χ0n) is 15.4. The molecule has 1 aliphatic rings. The highest BCUT2D eigenvalue weighted by molar-refractivity contribution is 7.89. The molecule has 0 aromatic carbocycles. The number of methoxy groups -OCH3 is 1. The second kappa shape index (κ2) is 6.57. The summed E-state index contributed by atoms with van der Waals surface area (Å²) in [5, 5.41) is 12.7. The molecule has 1 saturated heterocycles. The van der Waals surface area contributed by atoms with Crippen molar-refractivity contribution in [2.24, 2.45) is 7.05 Å². The maximum absolute atomic E-state index is 13.0. The van der Waals surface area contributed by atoms with Crippen LogP contribution >= 0.6 is 0 Å². The lowest BCUT2D eigenvalue weighted by atomic mass is 9.92. The van der Waals surface area contributed by atoms with Crippen LogP contribution in [0.4, 0.5) is 0 Å². The maximum Gasteiger partial charge on any atom is 0.250 e. The van der Waals surface area contributed by atoms with Gasteiger partial charge < -0.3 is 4.74 Å². The van der Waals surface area contributed by atoms with Gasteiger partial charge in [0.15, 0.2) is 10.5 Å². The van der Waals surface area contributed by atoms with E-state index < -0.39 is 10.0 Å². The summed E-state index contributed by atoms with van der Waals surface area (Å²) in [6.45, 7) is 2.84. The number of aryl methyl sites for hydroxylation is 2. The second-order valence-electron chi connectivity index (χ2n) is 6.64. The summed E-state index contributed by atoms with van der Waals surface area (Å²) in [6.07, 6.45) is 4.19. The van der Waals surface area contributed by atoms with Crippen molar-refractivity contribution in [3.8, 4) is 5.88 Å². The molecule has 4 rings (SSSR count). The van der Waals surface area contributed by atoms with Crippen LogP contribution in [0.3, 0.4) is 0 Å². The van der Waals surface area contributed by atoms with Crippen molar-refractivity contribution in [3.63, 3.8) is 0 Å². The number of aromatic nitrogens is 6. The molecule has 10 nitrogen and oxygen atoms in total. The van der Waals surface area contributed by atoms with Crippen molar-refractivity contribution in [1.29, 1.82) is 0 Å². The summed E-state index contributed by atoms with van der Waals surface area (Å²) in [5.41, 5.74) is 2.70. The molecule has 0 unspecified atom stereocenters. The van der Waals surface area contributed by atoms with Gasteiger partial charge in [-0.05, 0) is 31.4 Å². The molecule has 11 heteroatoms. The van der Waals surface area contributed by atoms with Crippen molar-refractivity contribution in [2.45, 2.75) is 30.6 Å². The molecule has 0 radical (unpaired) electrons. The molecule has 0 aliphatic carbocycles. The highest BCUT2D eigenvalue weighted by atomic mass is 32.2.